The molecule has 2 rings (SSSR count). The van der Waals surface area contributed by atoms with E-state index < -0.39 is 18.8 Å². The highest BCUT2D eigenvalue weighted by molar-refractivity contribution is 6.31. The van der Waals surface area contributed by atoms with Gasteiger partial charge in [0, 0.05) is 5.02 Å². The van der Waals surface area contributed by atoms with Crippen LogP contribution in [0.1, 0.15) is 19.8 Å². The molecule has 2 unspecified atom stereocenters. The van der Waals surface area contributed by atoms with Crippen LogP contribution in [-0.2, 0) is 4.79 Å². The molecule has 6 heteroatoms. The molecule has 2 atom stereocenters. The number of aliphatic hydroxyl groups excluding tert-OH is 2. The number of carbonyl (C=O) groups excluding carboxylic acids is 1. The summed E-state index contributed by atoms with van der Waals surface area (Å²) in [6.45, 7) is 1.59. The molecule has 1 aliphatic rings. The third kappa shape index (κ3) is 3.06. The standard InChI is InChI=1S/C14H18ClNO4/c1-2-3-13-14(19)16(7-10(18)8-17)11-6-9(15)4-5-12(11)20-13/h4-6,10,13,17-18H,2-3,7-8H2,1H3. The molecular formula is C14H18ClNO4. The Morgan fingerprint density at radius 2 is 2.25 bits per heavy atom. The number of fused-ring (bicyclic) bond motifs is 1. The lowest BCUT2D eigenvalue weighted by Crippen LogP contribution is -2.49. The first kappa shape index (κ1) is 15.1. The van der Waals surface area contributed by atoms with Gasteiger partial charge in [0.2, 0.25) is 0 Å². The van der Waals surface area contributed by atoms with Gasteiger partial charge in [-0.1, -0.05) is 24.9 Å². The molecule has 0 saturated carbocycles. The molecule has 0 aromatic heterocycles. The zero-order valence-electron chi connectivity index (χ0n) is 11.3. The number of amides is 1. The van der Waals surface area contributed by atoms with Gasteiger partial charge in [0.25, 0.3) is 5.91 Å². The third-order valence-electron chi connectivity index (χ3n) is 3.18. The van der Waals surface area contributed by atoms with Crippen molar-refractivity contribution in [1.29, 1.82) is 0 Å². The quantitative estimate of drug-likeness (QED) is 0.866. The van der Waals surface area contributed by atoms with Gasteiger partial charge in [-0.05, 0) is 24.6 Å². The third-order valence-corrected chi connectivity index (χ3v) is 3.41. The predicted octanol–water partition coefficient (Wildman–Crippen LogP) is 1.59. The summed E-state index contributed by atoms with van der Waals surface area (Å²) in [6, 6.07) is 5.03. The Balaban J connectivity index is 2.35. The van der Waals surface area contributed by atoms with Crippen molar-refractivity contribution >= 4 is 23.2 Å². The zero-order valence-corrected chi connectivity index (χ0v) is 12.0. The van der Waals surface area contributed by atoms with Gasteiger partial charge in [-0.15, -0.1) is 0 Å². The van der Waals surface area contributed by atoms with Crippen LogP contribution in [-0.4, -0.2) is 41.5 Å². The van der Waals surface area contributed by atoms with Gasteiger partial charge in [0.1, 0.15) is 5.75 Å². The van der Waals surface area contributed by atoms with Gasteiger partial charge in [-0.3, -0.25) is 4.79 Å². The summed E-state index contributed by atoms with van der Waals surface area (Å²) in [6.07, 6.45) is -0.131. The maximum absolute atomic E-state index is 12.4. The van der Waals surface area contributed by atoms with Gasteiger partial charge < -0.3 is 19.8 Å². The van der Waals surface area contributed by atoms with Crippen LogP contribution in [0.4, 0.5) is 5.69 Å². The molecule has 1 aromatic carbocycles. The largest absolute Gasteiger partial charge is 0.478 e. The summed E-state index contributed by atoms with van der Waals surface area (Å²) in [4.78, 5) is 13.8. The van der Waals surface area contributed by atoms with Crippen LogP contribution in [0.3, 0.4) is 0 Å². The second-order valence-electron chi connectivity index (χ2n) is 4.79. The van der Waals surface area contributed by atoms with Crippen LogP contribution < -0.4 is 9.64 Å². The van der Waals surface area contributed by atoms with E-state index >= 15 is 0 Å². The highest BCUT2D eigenvalue weighted by atomic mass is 35.5. The molecule has 2 N–H and O–H groups in total. The van der Waals surface area contributed by atoms with Crippen molar-refractivity contribution in [3.8, 4) is 5.75 Å². The Labute approximate surface area is 122 Å². The van der Waals surface area contributed by atoms with Crippen molar-refractivity contribution in [2.75, 3.05) is 18.1 Å². The van der Waals surface area contributed by atoms with Gasteiger partial charge in [0.05, 0.1) is 24.9 Å². The number of anilines is 1. The highest BCUT2D eigenvalue weighted by Crippen LogP contribution is 2.37. The molecule has 0 aliphatic carbocycles. The second-order valence-corrected chi connectivity index (χ2v) is 5.23. The van der Waals surface area contributed by atoms with E-state index in [1.165, 1.54) is 4.90 Å². The van der Waals surface area contributed by atoms with E-state index in [1.54, 1.807) is 18.2 Å². The number of benzene rings is 1. The normalized spacial score (nSPS) is 19.5. The number of halogens is 1. The molecule has 0 saturated heterocycles. The average molecular weight is 300 g/mol. The second kappa shape index (κ2) is 6.43. The SMILES string of the molecule is CCCC1Oc2ccc(Cl)cc2N(CC(O)CO)C1=O. The van der Waals surface area contributed by atoms with Gasteiger partial charge >= 0.3 is 0 Å². The van der Waals surface area contributed by atoms with E-state index in [2.05, 4.69) is 0 Å². The van der Waals surface area contributed by atoms with E-state index in [0.717, 1.165) is 6.42 Å². The Bertz CT molecular complexity index is 494. The molecular weight excluding hydrogens is 282 g/mol. The topological polar surface area (TPSA) is 70.0 Å². The lowest BCUT2D eigenvalue weighted by atomic mass is 10.1. The van der Waals surface area contributed by atoms with Crippen molar-refractivity contribution in [2.24, 2.45) is 0 Å². The molecule has 0 fully saturated rings. The summed E-state index contributed by atoms with van der Waals surface area (Å²) in [5.41, 5.74) is 0.530. The average Bonchev–Trinajstić information content (AvgIpc) is 2.44. The minimum Gasteiger partial charge on any atom is -0.478 e. The fourth-order valence-corrected chi connectivity index (χ4v) is 2.37. The fraction of sp³-hybridized carbons (Fsp3) is 0.500. The smallest absolute Gasteiger partial charge is 0.268 e. The fourth-order valence-electron chi connectivity index (χ4n) is 2.20. The summed E-state index contributed by atoms with van der Waals surface area (Å²) in [7, 11) is 0. The molecule has 0 bridgehead atoms. The van der Waals surface area contributed by atoms with Gasteiger partial charge in [0.15, 0.2) is 6.10 Å². The van der Waals surface area contributed by atoms with E-state index in [0.29, 0.717) is 22.9 Å². The Hall–Kier alpha value is -1.30. The zero-order chi connectivity index (χ0) is 14.7. The number of rotatable bonds is 5. The number of carbonyl (C=O) groups is 1. The van der Waals surface area contributed by atoms with Gasteiger partial charge in [-0.25, -0.2) is 0 Å². The lowest BCUT2D eigenvalue weighted by Gasteiger charge is -2.35. The van der Waals surface area contributed by atoms with Gasteiger partial charge in [-0.2, -0.15) is 0 Å². The summed E-state index contributed by atoms with van der Waals surface area (Å²) in [5, 5.41) is 19.1. The molecule has 0 spiro atoms. The number of nitrogens with zero attached hydrogens (tertiary/aromatic N) is 1. The highest BCUT2D eigenvalue weighted by Gasteiger charge is 2.34. The predicted molar refractivity (Wildman–Crippen MR) is 76.2 cm³/mol. The van der Waals surface area contributed by atoms with Crippen molar-refractivity contribution in [1.82, 2.24) is 0 Å². The Morgan fingerprint density at radius 1 is 1.50 bits per heavy atom. The van der Waals surface area contributed by atoms with E-state index in [9.17, 15) is 9.90 Å². The molecule has 110 valence electrons. The van der Waals surface area contributed by atoms with Crippen LogP contribution in [0.5, 0.6) is 5.75 Å². The minimum atomic E-state index is -0.994. The van der Waals surface area contributed by atoms with E-state index in [-0.39, 0.29) is 12.5 Å². The van der Waals surface area contributed by atoms with Crippen molar-refractivity contribution in [2.45, 2.75) is 32.0 Å². The van der Waals surface area contributed by atoms with E-state index in [1.807, 2.05) is 6.92 Å². The molecule has 20 heavy (non-hydrogen) atoms. The van der Waals surface area contributed by atoms with Crippen LogP contribution in [0.2, 0.25) is 5.02 Å². The monoisotopic (exact) mass is 299 g/mol. The first-order valence-corrected chi connectivity index (χ1v) is 7.01. The minimum absolute atomic E-state index is 0.0201. The first-order chi connectivity index (χ1) is 9.56. The van der Waals surface area contributed by atoms with Crippen molar-refractivity contribution in [3.63, 3.8) is 0 Å². The number of β-amino-alcohol motifs (C(OH)–C–C–N with tert-alkyl or cyclic N) is 1. The number of hydrogen-bond acceptors (Lipinski definition) is 4. The van der Waals surface area contributed by atoms with Crippen molar-refractivity contribution < 1.29 is 19.7 Å². The molecule has 1 aliphatic heterocycles. The number of hydrogen-bond donors (Lipinski definition) is 2. The maximum atomic E-state index is 12.4. The van der Waals surface area contributed by atoms with Crippen LogP contribution in [0.25, 0.3) is 0 Å². The van der Waals surface area contributed by atoms with Crippen LogP contribution >= 0.6 is 11.6 Å². The Kier molecular flexibility index (Phi) is 4.86. The summed E-state index contributed by atoms with van der Waals surface area (Å²) < 4.78 is 5.69. The number of ether oxygens (including phenoxy) is 1. The van der Waals surface area contributed by atoms with Crippen molar-refractivity contribution in [3.05, 3.63) is 23.2 Å². The maximum Gasteiger partial charge on any atom is 0.268 e. The first-order valence-electron chi connectivity index (χ1n) is 6.63. The summed E-state index contributed by atoms with van der Waals surface area (Å²) in [5.74, 6) is 0.353. The Morgan fingerprint density at radius 3 is 2.90 bits per heavy atom. The molecule has 1 amide bonds. The molecule has 1 heterocycles. The molecule has 1 aromatic rings. The van der Waals surface area contributed by atoms with Crippen LogP contribution in [0.15, 0.2) is 18.2 Å². The molecule has 5 nitrogen and oxygen atoms in total. The summed E-state index contributed by atoms with van der Waals surface area (Å²) >= 11 is 5.95. The lowest BCUT2D eigenvalue weighted by molar-refractivity contribution is -0.127. The number of aliphatic hydroxyl groups is 2. The molecule has 0 radical (unpaired) electrons. The van der Waals surface area contributed by atoms with Crippen LogP contribution in [0, 0.1) is 0 Å². The van der Waals surface area contributed by atoms with E-state index in [4.69, 9.17) is 21.4 Å².